The Bertz CT molecular complexity index is 761. The largest absolute Gasteiger partial charge is 0.350 e. The molecule has 0 aliphatic carbocycles. The van der Waals surface area contributed by atoms with Crippen LogP contribution in [0.5, 0.6) is 0 Å². The predicted molar refractivity (Wildman–Crippen MR) is 96.1 cm³/mol. The summed E-state index contributed by atoms with van der Waals surface area (Å²) >= 11 is 0. The lowest BCUT2D eigenvalue weighted by Crippen LogP contribution is -2.49. The first-order chi connectivity index (χ1) is 11.4. The summed E-state index contributed by atoms with van der Waals surface area (Å²) in [7, 11) is -3.58. The lowest BCUT2D eigenvalue weighted by Gasteiger charge is -2.30. The molecule has 1 amide bonds. The normalized spacial score (nSPS) is 12.4. The van der Waals surface area contributed by atoms with E-state index in [1.54, 1.807) is 37.3 Å². The lowest BCUT2D eigenvalue weighted by molar-refractivity contribution is -0.122. The Balaban J connectivity index is 2.21. The monoisotopic (exact) mass is 346 g/mol. The lowest BCUT2D eigenvalue weighted by atomic mass is 10.1. The first-order valence-corrected chi connectivity index (χ1v) is 9.64. The molecular formula is C18H22N2O3S. The highest BCUT2D eigenvalue weighted by atomic mass is 32.2. The summed E-state index contributed by atoms with van der Waals surface area (Å²) in [6, 6.07) is 17.4. The van der Waals surface area contributed by atoms with Gasteiger partial charge in [0.05, 0.1) is 11.9 Å². The molecule has 0 aliphatic rings. The number of nitrogens with one attached hydrogen (secondary N) is 1. The summed E-state index contributed by atoms with van der Waals surface area (Å²) in [5, 5.41) is 2.83. The molecular weight excluding hydrogens is 324 g/mol. The highest BCUT2D eigenvalue weighted by molar-refractivity contribution is 7.92. The van der Waals surface area contributed by atoms with Crippen molar-refractivity contribution in [1.29, 1.82) is 0 Å². The van der Waals surface area contributed by atoms with E-state index in [2.05, 4.69) is 5.32 Å². The number of amides is 1. The molecule has 0 saturated heterocycles. The Kier molecular flexibility index (Phi) is 5.98. The van der Waals surface area contributed by atoms with Crippen LogP contribution in [0, 0.1) is 0 Å². The van der Waals surface area contributed by atoms with Crippen molar-refractivity contribution in [2.75, 3.05) is 10.6 Å². The number of nitrogens with zero attached hydrogens (tertiary/aromatic N) is 1. The minimum Gasteiger partial charge on any atom is -0.350 e. The van der Waals surface area contributed by atoms with E-state index >= 15 is 0 Å². The fourth-order valence-corrected chi connectivity index (χ4v) is 3.75. The van der Waals surface area contributed by atoms with Gasteiger partial charge in [-0.25, -0.2) is 8.42 Å². The van der Waals surface area contributed by atoms with E-state index in [1.165, 1.54) is 4.31 Å². The quantitative estimate of drug-likeness (QED) is 0.838. The van der Waals surface area contributed by atoms with E-state index in [9.17, 15) is 13.2 Å². The molecule has 128 valence electrons. The number of sulfonamides is 1. The third-order valence-corrected chi connectivity index (χ3v) is 4.83. The summed E-state index contributed by atoms with van der Waals surface area (Å²) in [5.41, 5.74) is 1.45. The van der Waals surface area contributed by atoms with Crippen molar-refractivity contribution >= 4 is 21.6 Å². The van der Waals surface area contributed by atoms with Crippen LogP contribution in [0.1, 0.15) is 18.9 Å². The molecule has 0 spiro atoms. The molecule has 0 heterocycles. The van der Waals surface area contributed by atoms with Crippen LogP contribution >= 0.6 is 0 Å². The number of carbonyl (C=O) groups is 1. The molecule has 0 bridgehead atoms. The van der Waals surface area contributed by atoms with Gasteiger partial charge in [-0.15, -0.1) is 0 Å². The number of para-hydroxylation sites is 1. The van der Waals surface area contributed by atoms with Gasteiger partial charge in [0.15, 0.2) is 0 Å². The smallest absolute Gasteiger partial charge is 0.244 e. The van der Waals surface area contributed by atoms with E-state index in [-0.39, 0.29) is 5.91 Å². The molecule has 0 aromatic heterocycles. The molecule has 0 aliphatic heterocycles. The molecule has 0 radical (unpaired) electrons. The first-order valence-electron chi connectivity index (χ1n) is 7.79. The third kappa shape index (κ3) is 4.58. The van der Waals surface area contributed by atoms with Crippen LogP contribution in [-0.4, -0.2) is 26.6 Å². The van der Waals surface area contributed by atoms with Crippen molar-refractivity contribution < 1.29 is 13.2 Å². The molecule has 1 atom stereocenters. The van der Waals surface area contributed by atoms with E-state index in [0.29, 0.717) is 18.7 Å². The van der Waals surface area contributed by atoms with E-state index < -0.39 is 16.1 Å². The van der Waals surface area contributed by atoms with Crippen molar-refractivity contribution in [3.05, 3.63) is 66.2 Å². The Morgan fingerprint density at radius 1 is 1.04 bits per heavy atom. The summed E-state index contributed by atoms with van der Waals surface area (Å²) in [5.74, 6) is -0.310. The Morgan fingerprint density at radius 3 is 2.08 bits per heavy atom. The maximum atomic E-state index is 12.6. The minimum atomic E-state index is -3.58. The Morgan fingerprint density at radius 2 is 1.58 bits per heavy atom. The van der Waals surface area contributed by atoms with E-state index in [1.807, 2.05) is 30.3 Å². The van der Waals surface area contributed by atoms with Gasteiger partial charge in [0, 0.05) is 6.54 Å². The highest BCUT2D eigenvalue weighted by Gasteiger charge is 2.31. The molecule has 5 nitrogen and oxygen atoms in total. The zero-order chi connectivity index (χ0) is 17.6. The van der Waals surface area contributed by atoms with Crippen molar-refractivity contribution in [3.63, 3.8) is 0 Å². The van der Waals surface area contributed by atoms with Crippen molar-refractivity contribution in [1.82, 2.24) is 5.32 Å². The van der Waals surface area contributed by atoms with Crippen LogP contribution in [-0.2, 0) is 21.4 Å². The number of benzene rings is 2. The zero-order valence-corrected chi connectivity index (χ0v) is 14.7. The standard InChI is InChI=1S/C18H22N2O3S/c1-3-17(18(21)19-14-15-10-6-4-7-11-15)20(24(2,22)23)16-12-8-5-9-13-16/h4-13,17H,3,14H2,1-2H3,(H,19,21)/t17-/m0/s1. The molecule has 0 unspecified atom stereocenters. The highest BCUT2D eigenvalue weighted by Crippen LogP contribution is 2.22. The van der Waals surface area contributed by atoms with Crippen LogP contribution < -0.4 is 9.62 Å². The molecule has 0 saturated carbocycles. The van der Waals surface area contributed by atoms with Gasteiger partial charge in [-0.2, -0.15) is 0 Å². The van der Waals surface area contributed by atoms with Gasteiger partial charge >= 0.3 is 0 Å². The maximum Gasteiger partial charge on any atom is 0.244 e. The van der Waals surface area contributed by atoms with Crippen molar-refractivity contribution in [3.8, 4) is 0 Å². The predicted octanol–water partition coefficient (Wildman–Crippen LogP) is 2.55. The third-order valence-electron chi connectivity index (χ3n) is 3.65. The van der Waals surface area contributed by atoms with E-state index in [0.717, 1.165) is 11.8 Å². The molecule has 2 rings (SSSR count). The van der Waals surface area contributed by atoms with Crippen LogP contribution in [0.15, 0.2) is 60.7 Å². The van der Waals surface area contributed by atoms with Gasteiger partial charge < -0.3 is 5.32 Å². The SMILES string of the molecule is CC[C@@H](C(=O)NCc1ccccc1)N(c1ccccc1)S(C)(=O)=O. The van der Waals surface area contributed by atoms with E-state index in [4.69, 9.17) is 0 Å². The number of carbonyl (C=O) groups excluding carboxylic acids is 1. The van der Waals surface area contributed by atoms with Gasteiger partial charge in [0.2, 0.25) is 15.9 Å². The van der Waals surface area contributed by atoms with Gasteiger partial charge in [-0.1, -0.05) is 55.5 Å². The molecule has 24 heavy (non-hydrogen) atoms. The molecule has 6 heteroatoms. The van der Waals surface area contributed by atoms with Crippen LogP contribution in [0.2, 0.25) is 0 Å². The molecule has 2 aromatic rings. The first kappa shape index (κ1) is 18.0. The zero-order valence-electron chi connectivity index (χ0n) is 13.8. The second-order valence-electron chi connectivity index (χ2n) is 5.52. The van der Waals surface area contributed by atoms with Crippen LogP contribution in [0.3, 0.4) is 0 Å². The Labute approximate surface area is 143 Å². The average molecular weight is 346 g/mol. The van der Waals surface area contributed by atoms with Gasteiger partial charge in [0.25, 0.3) is 0 Å². The Hall–Kier alpha value is -2.34. The van der Waals surface area contributed by atoms with Crippen LogP contribution in [0.4, 0.5) is 5.69 Å². The number of anilines is 1. The number of hydrogen-bond acceptors (Lipinski definition) is 3. The average Bonchev–Trinajstić information content (AvgIpc) is 2.58. The second-order valence-corrected chi connectivity index (χ2v) is 7.38. The van der Waals surface area contributed by atoms with Gasteiger partial charge in [0.1, 0.15) is 6.04 Å². The second kappa shape index (κ2) is 7.97. The van der Waals surface area contributed by atoms with Crippen molar-refractivity contribution in [2.45, 2.75) is 25.9 Å². The molecule has 0 fully saturated rings. The molecule has 2 aromatic carbocycles. The summed E-state index contributed by atoms with van der Waals surface area (Å²) in [4.78, 5) is 12.6. The summed E-state index contributed by atoms with van der Waals surface area (Å²) < 4.78 is 25.7. The summed E-state index contributed by atoms with van der Waals surface area (Å²) in [6.45, 7) is 2.16. The topological polar surface area (TPSA) is 66.5 Å². The maximum absolute atomic E-state index is 12.6. The number of hydrogen-bond donors (Lipinski definition) is 1. The van der Waals surface area contributed by atoms with Crippen LogP contribution in [0.25, 0.3) is 0 Å². The fourth-order valence-electron chi connectivity index (χ4n) is 2.54. The molecule has 1 N–H and O–H groups in total. The number of rotatable bonds is 7. The van der Waals surface area contributed by atoms with Crippen molar-refractivity contribution in [2.24, 2.45) is 0 Å². The van der Waals surface area contributed by atoms with Gasteiger partial charge in [-0.05, 0) is 24.1 Å². The van der Waals surface area contributed by atoms with Gasteiger partial charge in [-0.3, -0.25) is 9.10 Å². The summed E-state index contributed by atoms with van der Waals surface area (Å²) in [6.07, 6.45) is 1.50. The minimum absolute atomic E-state index is 0.310. The fraction of sp³-hybridized carbons (Fsp3) is 0.278.